The number of thiazole rings is 1. The zero-order chi connectivity index (χ0) is 20.8. The van der Waals surface area contributed by atoms with E-state index in [9.17, 15) is 9.59 Å². The van der Waals surface area contributed by atoms with E-state index >= 15 is 0 Å². The lowest BCUT2D eigenvalue weighted by Gasteiger charge is -2.26. The zero-order valence-electron chi connectivity index (χ0n) is 16.4. The molecule has 2 amide bonds. The molecule has 7 nitrogen and oxygen atoms in total. The summed E-state index contributed by atoms with van der Waals surface area (Å²) in [7, 11) is 0. The van der Waals surface area contributed by atoms with Gasteiger partial charge < -0.3 is 9.47 Å². The van der Waals surface area contributed by atoms with Gasteiger partial charge in [-0.05, 0) is 65.1 Å². The molecule has 1 aromatic carbocycles. The highest BCUT2D eigenvalue weighted by Gasteiger charge is 2.41. The van der Waals surface area contributed by atoms with Crippen molar-refractivity contribution in [2.45, 2.75) is 45.3 Å². The van der Waals surface area contributed by atoms with E-state index in [1.165, 1.54) is 11.3 Å². The quantitative estimate of drug-likeness (QED) is 0.507. The average Bonchev–Trinajstić information content (AvgIpc) is 3.50. The van der Waals surface area contributed by atoms with Crippen LogP contribution in [0.3, 0.4) is 0 Å². The summed E-state index contributed by atoms with van der Waals surface area (Å²) in [5.41, 5.74) is 4.59. The fraction of sp³-hybridized carbons (Fsp3) is 0.333. The van der Waals surface area contributed by atoms with E-state index in [-0.39, 0.29) is 11.8 Å². The van der Waals surface area contributed by atoms with Crippen molar-refractivity contribution in [3.8, 4) is 0 Å². The van der Waals surface area contributed by atoms with Crippen molar-refractivity contribution in [3.05, 3.63) is 61.7 Å². The van der Waals surface area contributed by atoms with Crippen molar-refractivity contribution in [2.75, 3.05) is 5.32 Å². The fourth-order valence-corrected chi connectivity index (χ4v) is 5.62. The molecule has 0 bridgehead atoms. The highest BCUT2D eigenvalue weighted by molar-refractivity contribution is 14.1. The molecule has 0 saturated carbocycles. The summed E-state index contributed by atoms with van der Waals surface area (Å²) in [6, 6.07) is 3.26. The number of halogens is 1. The maximum atomic E-state index is 13.5. The SMILES string of the molecule is CCc1cc(I)cc2c1CN(C(C(=O)Nc1nccs1)c1ncn3c1CCC3)C2=O. The molecule has 2 aromatic heterocycles. The Morgan fingerprint density at radius 1 is 1.37 bits per heavy atom. The third-order valence-electron chi connectivity index (χ3n) is 5.78. The molecule has 9 heteroatoms. The van der Waals surface area contributed by atoms with Crippen molar-refractivity contribution < 1.29 is 9.59 Å². The lowest BCUT2D eigenvalue weighted by molar-refractivity contribution is -0.121. The second-order valence-electron chi connectivity index (χ2n) is 7.48. The lowest BCUT2D eigenvalue weighted by atomic mass is 10.0. The molecule has 0 aliphatic carbocycles. The van der Waals surface area contributed by atoms with E-state index < -0.39 is 6.04 Å². The summed E-state index contributed by atoms with van der Waals surface area (Å²) < 4.78 is 3.12. The van der Waals surface area contributed by atoms with Crippen molar-refractivity contribution in [3.63, 3.8) is 0 Å². The molecule has 0 radical (unpaired) electrons. The van der Waals surface area contributed by atoms with Gasteiger partial charge in [-0.2, -0.15) is 0 Å². The molecule has 0 fully saturated rings. The normalized spacial score (nSPS) is 15.9. The highest BCUT2D eigenvalue weighted by Crippen LogP contribution is 2.37. The van der Waals surface area contributed by atoms with Gasteiger partial charge in [0.15, 0.2) is 11.2 Å². The van der Waals surface area contributed by atoms with Crippen LogP contribution in [0.4, 0.5) is 5.13 Å². The number of hydrogen-bond donors (Lipinski definition) is 1. The number of aromatic nitrogens is 3. The molecule has 1 atom stereocenters. The molecule has 30 heavy (non-hydrogen) atoms. The number of nitrogens with zero attached hydrogens (tertiary/aromatic N) is 4. The number of fused-ring (bicyclic) bond motifs is 2. The second kappa shape index (κ2) is 7.77. The molecule has 5 rings (SSSR count). The summed E-state index contributed by atoms with van der Waals surface area (Å²) in [6.45, 7) is 3.40. The first-order chi connectivity index (χ1) is 14.6. The largest absolute Gasteiger partial charge is 0.334 e. The summed E-state index contributed by atoms with van der Waals surface area (Å²) in [6.07, 6.45) is 6.17. The molecule has 1 unspecified atom stereocenters. The Hall–Kier alpha value is -2.27. The molecular weight excluding hydrogens is 513 g/mol. The molecule has 2 aliphatic heterocycles. The number of aryl methyl sites for hydroxylation is 2. The summed E-state index contributed by atoms with van der Waals surface area (Å²) in [5, 5.41) is 5.22. The Labute approximate surface area is 191 Å². The highest BCUT2D eigenvalue weighted by atomic mass is 127. The minimum absolute atomic E-state index is 0.114. The molecule has 2 aliphatic rings. The Bertz CT molecular complexity index is 1140. The Morgan fingerprint density at radius 3 is 3.00 bits per heavy atom. The van der Waals surface area contributed by atoms with E-state index in [1.54, 1.807) is 17.4 Å². The number of nitrogens with one attached hydrogen (secondary N) is 1. The molecule has 1 N–H and O–H groups in total. The van der Waals surface area contributed by atoms with Gasteiger partial charge >= 0.3 is 0 Å². The van der Waals surface area contributed by atoms with Gasteiger partial charge in [0.2, 0.25) is 0 Å². The van der Waals surface area contributed by atoms with Gasteiger partial charge in [0.25, 0.3) is 11.8 Å². The summed E-state index contributed by atoms with van der Waals surface area (Å²) in [5.74, 6) is -0.385. The number of carbonyl (C=O) groups is 2. The third-order valence-corrected chi connectivity index (χ3v) is 7.09. The number of imidazole rings is 1. The maximum Gasteiger partial charge on any atom is 0.255 e. The van der Waals surface area contributed by atoms with Gasteiger partial charge in [-0.15, -0.1) is 11.3 Å². The summed E-state index contributed by atoms with van der Waals surface area (Å²) in [4.78, 5) is 37.3. The maximum absolute atomic E-state index is 13.5. The first kappa shape index (κ1) is 19.7. The number of rotatable bonds is 5. The smallest absolute Gasteiger partial charge is 0.255 e. The van der Waals surface area contributed by atoms with E-state index in [0.717, 1.165) is 46.2 Å². The first-order valence-corrected chi connectivity index (χ1v) is 11.9. The van der Waals surface area contributed by atoms with E-state index in [4.69, 9.17) is 0 Å². The van der Waals surface area contributed by atoms with Crippen LogP contribution in [0.1, 0.15) is 52.3 Å². The minimum atomic E-state index is -0.787. The van der Waals surface area contributed by atoms with Crippen LogP contribution in [-0.4, -0.2) is 31.2 Å². The van der Waals surface area contributed by atoms with Gasteiger partial charge in [0.05, 0.1) is 12.0 Å². The van der Waals surface area contributed by atoms with Gasteiger partial charge in [0.1, 0.15) is 0 Å². The van der Waals surface area contributed by atoms with Crippen molar-refractivity contribution >= 4 is 50.9 Å². The molecule has 3 aromatic rings. The Kier molecular flexibility index (Phi) is 5.10. The van der Waals surface area contributed by atoms with Crippen LogP contribution < -0.4 is 5.32 Å². The van der Waals surface area contributed by atoms with Crippen LogP contribution >= 0.6 is 33.9 Å². The number of amides is 2. The van der Waals surface area contributed by atoms with Gasteiger partial charge in [-0.25, -0.2) is 9.97 Å². The van der Waals surface area contributed by atoms with Gasteiger partial charge in [0, 0.05) is 39.5 Å². The first-order valence-electron chi connectivity index (χ1n) is 9.93. The monoisotopic (exact) mass is 533 g/mol. The van der Waals surface area contributed by atoms with Crippen LogP contribution in [0.2, 0.25) is 0 Å². The minimum Gasteiger partial charge on any atom is -0.334 e. The number of anilines is 1. The standard InChI is InChI=1S/C21H20IN5O2S/c1-2-12-8-13(22)9-14-15(12)10-27(20(14)29)18(19(28)25-21-23-5-7-30-21)17-16-4-3-6-26(16)11-24-17/h5,7-9,11,18H,2-4,6,10H2,1H3,(H,23,25,28). The van der Waals surface area contributed by atoms with Crippen LogP contribution in [0.5, 0.6) is 0 Å². The number of carbonyl (C=O) groups excluding carboxylic acids is 2. The fourth-order valence-electron chi connectivity index (χ4n) is 4.40. The van der Waals surface area contributed by atoms with Crippen molar-refractivity contribution in [1.29, 1.82) is 0 Å². The van der Waals surface area contributed by atoms with Gasteiger partial charge in [-0.1, -0.05) is 6.92 Å². The number of hydrogen-bond acceptors (Lipinski definition) is 5. The Morgan fingerprint density at radius 2 is 2.23 bits per heavy atom. The number of benzene rings is 1. The summed E-state index contributed by atoms with van der Waals surface area (Å²) >= 11 is 3.60. The van der Waals surface area contributed by atoms with Crippen LogP contribution in [-0.2, 0) is 30.7 Å². The Balaban J connectivity index is 1.57. The van der Waals surface area contributed by atoms with Crippen LogP contribution in [0.15, 0.2) is 30.0 Å². The molecule has 4 heterocycles. The third kappa shape index (κ3) is 3.24. The van der Waals surface area contributed by atoms with Crippen LogP contribution in [0, 0.1) is 3.57 Å². The molecule has 0 spiro atoms. The van der Waals surface area contributed by atoms with E-state index in [2.05, 4.69) is 55.4 Å². The van der Waals surface area contributed by atoms with Crippen LogP contribution in [0.25, 0.3) is 0 Å². The molecular formula is C21H20IN5O2S. The second-order valence-corrected chi connectivity index (χ2v) is 9.62. The van der Waals surface area contributed by atoms with E-state index in [0.29, 0.717) is 22.9 Å². The molecule has 154 valence electrons. The lowest BCUT2D eigenvalue weighted by Crippen LogP contribution is -2.38. The topological polar surface area (TPSA) is 80.1 Å². The van der Waals surface area contributed by atoms with Gasteiger partial charge in [-0.3, -0.25) is 14.9 Å². The van der Waals surface area contributed by atoms with E-state index in [1.807, 2.05) is 11.4 Å². The average molecular weight is 533 g/mol. The molecule has 0 saturated heterocycles. The van der Waals surface area contributed by atoms with Crippen molar-refractivity contribution in [2.24, 2.45) is 0 Å². The zero-order valence-corrected chi connectivity index (χ0v) is 19.4. The predicted octanol–water partition coefficient (Wildman–Crippen LogP) is 3.79. The predicted molar refractivity (Wildman–Crippen MR) is 122 cm³/mol. The van der Waals surface area contributed by atoms with Crippen molar-refractivity contribution in [1.82, 2.24) is 19.4 Å².